The molecule has 0 aliphatic rings. The van der Waals surface area contributed by atoms with Gasteiger partial charge in [0.2, 0.25) is 0 Å². The Morgan fingerprint density at radius 3 is 3.09 bits per heavy atom. The van der Waals surface area contributed by atoms with E-state index in [-0.39, 0.29) is 6.61 Å². The minimum atomic E-state index is 0.0951. The summed E-state index contributed by atoms with van der Waals surface area (Å²) in [6.07, 6.45) is 2.63. The lowest BCUT2D eigenvalue weighted by molar-refractivity contribution is 0.0944. The van der Waals surface area contributed by atoms with E-state index in [4.69, 9.17) is 9.84 Å². The summed E-state index contributed by atoms with van der Waals surface area (Å²) >= 11 is 1.63. The predicted octanol–water partition coefficient (Wildman–Crippen LogP) is 0.694. The van der Waals surface area contributed by atoms with Crippen LogP contribution in [0.15, 0.2) is 11.6 Å². The summed E-state index contributed by atoms with van der Waals surface area (Å²) in [5.41, 5.74) is 0. The Balaban J connectivity index is 2.04. The molecule has 1 aromatic rings. The van der Waals surface area contributed by atoms with Crippen molar-refractivity contribution in [2.45, 2.75) is 6.42 Å². The van der Waals surface area contributed by atoms with E-state index < -0.39 is 0 Å². The van der Waals surface area contributed by atoms with Gasteiger partial charge in [-0.25, -0.2) is 4.98 Å². The van der Waals surface area contributed by atoms with Crippen LogP contribution in [0.4, 0.5) is 0 Å². The first-order chi connectivity index (χ1) is 5.43. The fourth-order valence-electron chi connectivity index (χ4n) is 0.703. The summed E-state index contributed by atoms with van der Waals surface area (Å²) in [6, 6.07) is 0. The molecule has 0 aliphatic carbocycles. The Bertz CT molecular complexity index is 177. The first-order valence-corrected chi connectivity index (χ1v) is 4.38. The molecule has 4 heteroatoms. The summed E-state index contributed by atoms with van der Waals surface area (Å²) < 4.78 is 5.07. The highest BCUT2D eigenvalue weighted by Gasteiger charge is 1.93. The summed E-state index contributed by atoms with van der Waals surface area (Å²) in [6.45, 7) is 1.16. The van der Waals surface area contributed by atoms with Crippen molar-refractivity contribution in [1.82, 2.24) is 4.98 Å². The van der Waals surface area contributed by atoms with E-state index in [2.05, 4.69) is 4.98 Å². The zero-order valence-electron chi connectivity index (χ0n) is 6.19. The number of thiazole rings is 1. The molecule has 0 bridgehead atoms. The summed E-state index contributed by atoms with van der Waals surface area (Å²) in [5.74, 6) is 0. The first kappa shape index (κ1) is 8.64. The largest absolute Gasteiger partial charge is 0.394 e. The molecule has 3 nitrogen and oxygen atoms in total. The third kappa shape index (κ3) is 3.46. The molecule has 1 rings (SSSR count). The van der Waals surface area contributed by atoms with Gasteiger partial charge in [0.1, 0.15) is 0 Å². The van der Waals surface area contributed by atoms with Crippen LogP contribution in [0.3, 0.4) is 0 Å². The highest BCUT2D eigenvalue weighted by atomic mass is 32.1. The molecule has 62 valence electrons. The highest BCUT2D eigenvalue weighted by molar-refractivity contribution is 7.09. The van der Waals surface area contributed by atoms with Gasteiger partial charge in [-0.2, -0.15) is 0 Å². The third-order valence-corrected chi connectivity index (χ3v) is 2.02. The van der Waals surface area contributed by atoms with Crippen LogP contribution in [-0.4, -0.2) is 29.9 Å². The standard InChI is InChI=1S/C7H11NO2S/c9-3-5-10-4-1-7-8-2-6-11-7/h2,6,9H,1,3-5H2. The molecule has 0 saturated carbocycles. The van der Waals surface area contributed by atoms with E-state index in [1.165, 1.54) is 0 Å². The molecule has 0 radical (unpaired) electrons. The fraction of sp³-hybridized carbons (Fsp3) is 0.571. The zero-order valence-corrected chi connectivity index (χ0v) is 7.01. The number of rotatable bonds is 5. The van der Waals surface area contributed by atoms with Gasteiger partial charge in [-0.15, -0.1) is 11.3 Å². The van der Waals surface area contributed by atoms with Crippen molar-refractivity contribution in [2.75, 3.05) is 19.8 Å². The Hall–Kier alpha value is -0.450. The number of aliphatic hydroxyl groups excluding tert-OH is 1. The second kappa shape index (κ2) is 5.23. The van der Waals surface area contributed by atoms with Crippen LogP contribution in [0, 0.1) is 0 Å². The molecule has 1 heterocycles. The monoisotopic (exact) mass is 173 g/mol. The van der Waals surface area contributed by atoms with Crippen LogP contribution < -0.4 is 0 Å². The van der Waals surface area contributed by atoms with Gasteiger partial charge >= 0.3 is 0 Å². The molecular weight excluding hydrogens is 162 g/mol. The smallest absolute Gasteiger partial charge is 0.0947 e. The van der Waals surface area contributed by atoms with Gasteiger partial charge in [-0.3, -0.25) is 0 Å². The van der Waals surface area contributed by atoms with Crippen LogP contribution in [-0.2, 0) is 11.2 Å². The maximum atomic E-state index is 8.39. The van der Waals surface area contributed by atoms with Crippen LogP contribution in [0.5, 0.6) is 0 Å². The van der Waals surface area contributed by atoms with Crippen LogP contribution in [0.25, 0.3) is 0 Å². The molecule has 0 amide bonds. The normalized spacial score (nSPS) is 10.3. The Labute approximate surface area is 69.7 Å². The maximum Gasteiger partial charge on any atom is 0.0947 e. The second-order valence-corrected chi connectivity index (χ2v) is 2.99. The third-order valence-electron chi connectivity index (χ3n) is 1.18. The van der Waals surface area contributed by atoms with E-state index >= 15 is 0 Å². The summed E-state index contributed by atoms with van der Waals surface area (Å²) in [4.78, 5) is 4.09. The highest BCUT2D eigenvalue weighted by Crippen LogP contribution is 2.03. The Morgan fingerprint density at radius 1 is 1.55 bits per heavy atom. The Kier molecular flexibility index (Phi) is 4.11. The van der Waals surface area contributed by atoms with E-state index in [1.54, 1.807) is 17.5 Å². The van der Waals surface area contributed by atoms with Gasteiger partial charge in [0, 0.05) is 18.0 Å². The van der Waals surface area contributed by atoms with E-state index in [1.807, 2.05) is 5.38 Å². The van der Waals surface area contributed by atoms with Gasteiger partial charge in [-0.1, -0.05) is 0 Å². The van der Waals surface area contributed by atoms with Crippen molar-refractivity contribution in [2.24, 2.45) is 0 Å². The molecule has 0 aliphatic heterocycles. The molecule has 0 spiro atoms. The van der Waals surface area contributed by atoms with E-state index in [0.29, 0.717) is 13.2 Å². The summed E-state index contributed by atoms with van der Waals surface area (Å²) in [7, 11) is 0. The second-order valence-electron chi connectivity index (χ2n) is 2.01. The number of nitrogens with zero attached hydrogens (tertiary/aromatic N) is 1. The van der Waals surface area contributed by atoms with Crippen molar-refractivity contribution < 1.29 is 9.84 Å². The molecule has 0 aromatic carbocycles. The molecule has 1 aromatic heterocycles. The molecule has 0 fully saturated rings. The molecule has 0 saturated heterocycles. The van der Waals surface area contributed by atoms with Gasteiger partial charge < -0.3 is 9.84 Å². The van der Waals surface area contributed by atoms with E-state index in [9.17, 15) is 0 Å². The van der Waals surface area contributed by atoms with Gasteiger partial charge in [-0.05, 0) is 0 Å². The number of hydrogen-bond donors (Lipinski definition) is 1. The number of hydrogen-bond acceptors (Lipinski definition) is 4. The van der Waals surface area contributed by atoms with Crippen LogP contribution in [0.1, 0.15) is 5.01 Å². The fourth-order valence-corrected chi connectivity index (χ4v) is 1.30. The zero-order chi connectivity index (χ0) is 7.94. The van der Waals surface area contributed by atoms with Crippen molar-refractivity contribution in [1.29, 1.82) is 0 Å². The lowest BCUT2D eigenvalue weighted by atomic mass is 10.5. The van der Waals surface area contributed by atoms with Crippen molar-refractivity contribution in [3.63, 3.8) is 0 Å². The van der Waals surface area contributed by atoms with Gasteiger partial charge in [0.15, 0.2) is 0 Å². The van der Waals surface area contributed by atoms with Crippen molar-refractivity contribution in [3.05, 3.63) is 16.6 Å². The minimum Gasteiger partial charge on any atom is -0.394 e. The SMILES string of the molecule is OCCOCCc1nccs1. The Morgan fingerprint density at radius 2 is 2.45 bits per heavy atom. The average Bonchev–Trinajstić information content (AvgIpc) is 2.50. The lowest BCUT2D eigenvalue weighted by Gasteiger charge is -1.98. The van der Waals surface area contributed by atoms with Crippen molar-refractivity contribution in [3.8, 4) is 0 Å². The van der Waals surface area contributed by atoms with Crippen LogP contribution >= 0.6 is 11.3 Å². The molecular formula is C7H11NO2S. The van der Waals surface area contributed by atoms with Crippen LogP contribution in [0.2, 0.25) is 0 Å². The number of ether oxygens (including phenoxy) is 1. The molecule has 11 heavy (non-hydrogen) atoms. The summed E-state index contributed by atoms with van der Waals surface area (Å²) in [5, 5.41) is 11.4. The van der Waals surface area contributed by atoms with E-state index in [0.717, 1.165) is 11.4 Å². The maximum absolute atomic E-state index is 8.39. The molecule has 0 unspecified atom stereocenters. The lowest BCUT2D eigenvalue weighted by Crippen LogP contribution is -2.02. The topological polar surface area (TPSA) is 42.4 Å². The van der Waals surface area contributed by atoms with Crippen molar-refractivity contribution >= 4 is 11.3 Å². The first-order valence-electron chi connectivity index (χ1n) is 3.50. The molecule has 0 atom stereocenters. The number of aliphatic hydroxyl groups is 1. The quantitative estimate of drug-likeness (QED) is 0.666. The minimum absolute atomic E-state index is 0.0951. The van der Waals surface area contributed by atoms with Gasteiger partial charge in [0.25, 0.3) is 0 Å². The van der Waals surface area contributed by atoms with Gasteiger partial charge in [0.05, 0.1) is 24.8 Å². The number of aromatic nitrogens is 1. The predicted molar refractivity (Wildman–Crippen MR) is 43.7 cm³/mol. The average molecular weight is 173 g/mol. The molecule has 1 N–H and O–H groups in total.